The predicted molar refractivity (Wildman–Crippen MR) is 131 cm³/mol. The molecule has 0 aliphatic carbocycles. The lowest BCUT2D eigenvalue weighted by molar-refractivity contribution is 0.262. The van der Waals surface area contributed by atoms with E-state index < -0.39 is 0 Å². The molecule has 0 amide bonds. The third-order valence-corrected chi connectivity index (χ3v) is 5.95. The average molecular weight is 431 g/mol. The molecule has 1 saturated heterocycles. The lowest BCUT2D eigenvalue weighted by Crippen LogP contribution is -2.22. The van der Waals surface area contributed by atoms with E-state index in [2.05, 4.69) is 49.6 Å². The van der Waals surface area contributed by atoms with Gasteiger partial charge in [-0.15, -0.1) is 0 Å². The number of benzene rings is 2. The Morgan fingerprint density at radius 1 is 1.03 bits per heavy atom. The number of hydrogen-bond donors (Lipinski definition) is 0. The summed E-state index contributed by atoms with van der Waals surface area (Å²) < 4.78 is 12.2. The molecular weight excluding hydrogens is 396 g/mol. The van der Waals surface area contributed by atoms with Crippen molar-refractivity contribution in [3.63, 3.8) is 0 Å². The summed E-state index contributed by atoms with van der Waals surface area (Å²) in [4.78, 5) is 2.52. The van der Waals surface area contributed by atoms with Crippen LogP contribution in [0.1, 0.15) is 37.3 Å². The molecule has 0 spiro atoms. The van der Waals surface area contributed by atoms with E-state index >= 15 is 0 Å². The fourth-order valence-electron chi connectivity index (χ4n) is 4.16. The first-order valence-electron chi connectivity index (χ1n) is 11.4. The molecule has 0 aromatic heterocycles. The van der Waals surface area contributed by atoms with E-state index in [1.807, 2.05) is 25.1 Å². The van der Waals surface area contributed by atoms with Gasteiger partial charge in [-0.2, -0.15) is 5.26 Å². The third kappa shape index (κ3) is 6.24. The number of hydrogen-bond acceptors (Lipinski definition) is 4. The predicted octanol–water partition coefficient (Wildman–Crippen LogP) is 6.24. The molecular formula is C28H34N2O2. The van der Waals surface area contributed by atoms with Crippen LogP contribution in [-0.4, -0.2) is 37.7 Å². The molecule has 3 rings (SSSR count). The molecule has 1 fully saturated rings. The first kappa shape index (κ1) is 23.6. The van der Waals surface area contributed by atoms with Gasteiger partial charge in [0, 0.05) is 12.1 Å². The van der Waals surface area contributed by atoms with Crippen molar-refractivity contribution in [3.8, 4) is 28.7 Å². The normalized spacial score (nSPS) is 14.2. The zero-order valence-corrected chi connectivity index (χ0v) is 19.6. The molecule has 0 saturated carbocycles. The Hall–Kier alpha value is -3.03. The monoisotopic (exact) mass is 430 g/mol. The molecule has 4 nitrogen and oxygen atoms in total. The highest BCUT2D eigenvalue weighted by Gasteiger charge is 2.13. The highest BCUT2D eigenvalue weighted by molar-refractivity contribution is 5.74. The Labute approximate surface area is 192 Å². The minimum absolute atomic E-state index is 0.421. The summed E-state index contributed by atoms with van der Waals surface area (Å²) >= 11 is 0. The molecule has 32 heavy (non-hydrogen) atoms. The summed E-state index contributed by atoms with van der Waals surface area (Å²) in [5, 5.41) is 8.89. The van der Waals surface area contributed by atoms with E-state index in [1.165, 1.54) is 25.9 Å². The van der Waals surface area contributed by atoms with Crippen molar-refractivity contribution in [2.24, 2.45) is 0 Å². The van der Waals surface area contributed by atoms with Crippen molar-refractivity contribution in [2.75, 3.05) is 32.8 Å². The molecule has 0 atom stereocenters. The fraction of sp³-hybridized carbons (Fsp3) is 0.393. The van der Waals surface area contributed by atoms with Crippen LogP contribution in [0, 0.1) is 25.2 Å². The van der Waals surface area contributed by atoms with Gasteiger partial charge < -0.3 is 14.4 Å². The van der Waals surface area contributed by atoms with Crippen molar-refractivity contribution >= 4 is 0 Å². The number of nitriles is 1. The Morgan fingerprint density at radius 2 is 1.62 bits per heavy atom. The van der Waals surface area contributed by atoms with Crippen LogP contribution in [0.3, 0.4) is 0 Å². The second kappa shape index (κ2) is 11.5. The van der Waals surface area contributed by atoms with E-state index in [-0.39, 0.29) is 0 Å². The van der Waals surface area contributed by atoms with Crippen LogP contribution in [0.15, 0.2) is 60.2 Å². The van der Waals surface area contributed by atoms with E-state index in [0.717, 1.165) is 58.9 Å². The second-order valence-electron chi connectivity index (χ2n) is 8.52. The van der Waals surface area contributed by atoms with Crippen molar-refractivity contribution in [3.05, 3.63) is 71.3 Å². The van der Waals surface area contributed by atoms with E-state index in [4.69, 9.17) is 14.7 Å². The van der Waals surface area contributed by atoms with Crippen LogP contribution in [0.5, 0.6) is 11.5 Å². The first-order chi connectivity index (χ1) is 15.5. The first-order valence-corrected chi connectivity index (χ1v) is 11.4. The Balaban J connectivity index is 1.68. The lowest BCUT2D eigenvalue weighted by atomic mass is 9.95. The summed E-state index contributed by atoms with van der Waals surface area (Å²) in [5.74, 6) is 1.79. The SMILES string of the molecule is C=C(C#N)/C=C(\C)COc1cccc(-c2cccc(OCCCN3CCCC3)c2C)c1C. The summed E-state index contributed by atoms with van der Waals surface area (Å²) in [5.41, 5.74) is 5.94. The average Bonchev–Trinajstić information content (AvgIpc) is 3.31. The van der Waals surface area contributed by atoms with Crippen LogP contribution in [0.2, 0.25) is 0 Å². The van der Waals surface area contributed by atoms with E-state index in [0.29, 0.717) is 12.2 Å². The molecule has 0 N–H and O–H groups in total. The summed E-state index contributed by atoms with van der Waals surface area (Å²) in [6, 6.07) is 14.4. The Morgan fingerprint density at radius 3 is 2.22 bits per heavy atom. The van der Waals surface area contributed by atoms with Crippen molar-refractivity contribution in [1.29, 1.82) is 5.26 Å². The molecule has 0 unspecified atom stereocenters. The maximum Gasteiger partial charge on any atom is 0.123 e. The third-order valence-electron chi connectivity index (χ3n) is 5.95. The maximum absolute atomic E-state index is 8.89. The molecule has 168 valence electrons. The van der Waals surface area contributed by atoms with Gasteiger partial charge in [-0.1, -0.05) is 30.8 Å². The number of nitrogens with zero attached hydrogens (tertiary/aromatic N) is 2. The zero-order chi connectivity index (χ0) is 22.9. The topological polar surface area (TPSA) is 45.5 Å². The molecule has 0 bridgehead atoms. The van der Waals surface area contributed by atoms with Gasteiger partial charge in [0.25, 0.3) is 0 Å². The van der Waals surface area contributed by atoms with E-state index in [1.54, 1.807) is 6.08 Å². The molecule has 0 radical (unpaired) electrons. The van der Waals surface area contributed by atoms with Gasteiger partial charge in [-0.3, -0.25) is 0 Å². The minimum atomic E-state index is 0.421. The standard InChI is InChI=1S/C28H34N2O2/c1-21(19-29)18-22(2)20-32-28-13-8-11-26(24(28)4)25-10-7-12-27(23(25)3)31-17-9-16-30-14-5-6-15-30/h7-8,10-13,18H,1,5-6,9,14-17,20H2,2-4H3/b22-18+. The molecule has 1 aliphatic heterocycles. The summed E-state index contributed by atoms with van der Waals surface area (Å²) in [6.07, 6.45) is 5.47. The van der Waals surface area contributed by atoms with Crippen LogP contribution in [-0.2, 0) is 0 Å². The van der Waals surface area contributed by atoms with Gasteiger partial charge in [-0.05, 0) is 99.2 Å². The molecule has 4 heteroatoms. The molecule has 1 aliphatic rings. The maximum atomic E-state index is 8.89. The van der Waals surface area contributed by atoms with Gasteiger partial charge in [-0.25, -0.2) is 0 Å². The number of ether oxygens (including phenoxy) is 2. The molecule has 2 aromatic rings. The minimum Gasteiger partial charge on any atom is -0.493 e. The van der Waals surface area contributed by atoms with Crippen molar-refractivity contribution < 1.29 is 9.47 Å². The summed E-state index contributed by atoms with van der Waals surface area (Å²) in [6.45, 7) is 14.6. The van der Waals surface area contributed by atoms with Crippen molar-refractivity contribution in [2.45, 2.75) is 40.0 Å². The van der Waals surface area contributed by atoms with Gasteiger partial charge in [0.2, 0.25) is 0 Å². The molecule has 2 aromatic carbocycles. The van der Waals surface area contributed by atoms with Crippen LogP contribution < -0.4 is 9.47 Å². The smallest absolute Gasteiger partial charge is 0.123 e. The van der Waals surface area contributed by atoms with Gasteiger partial charge >= 0.3 is 0 Å². The van der Waals surface area contributed by atoms with Crippen LogP contribution in [0.4, 0.5) is 0 Å². The number of likely N-dealkylation sites (tertiary alicyclic amines) is 1. The highest BCUT2D eigenvalue weighted by atomic mass is 16.5. The van der Waals surface area contributed by atoms with Crippen molar-refractivity contribution in [1.82, 2.24) is 4.90 Å². The second-order valence-corrected chi connectivity index (χ2v) is 8.52. The highest BCUT2D eigenvalue weighted by Crippen LogP contribution is 2.35. The number of rotatable bonds is 10. The largest absolute Gasteiger partial charge is 0.493 e. The number of allylic oxidation sites excluding steroid dienone is 2. The zero-order valence-electron chi connectivity index (χ0n) is 19.6. The lowest BCUT2D eigenvalue weighted by Gasteiger charge is -2.18. The van der Waals surface area contributed by atoms with E-state index in [9.17, 15) is 0 Å². The van der Waals surface area contributed by atoms with Gasteiger partial charge in [0.15, 0.2) is 0 Å². The van der Waals surface area contributed by atoms with Gasteiger partial charge in [0.1, 0.15) is 18.1 Å². The Kier molecular flexibility index (Phi) is 8.53. The fourth-order valence-corrected chi connectivity index (χ4v) is 4.16. The van der Waals surface area contributed by atoms with Gasteiger partial charge in [0.05, 0.1) is 12.7 Å². The molecule has 1 heterocycles. The Bertz CT molecular complexity index is 1010. The van der Waals surface area contributed by atoms with Crippen LogP contribution >= 0.6 is 0 Å². The summed E-state index contributed by atoms with van der Waals surface area (Å²) in [7, 11) is 0. The van der Waals surface area contributed by atoms with Crippen LogP contribution in [0.25, 0.3) is 11.1 Å². The quantitative estimate of drug-likeness (QED) is 0.254.